The van der Waals surface area contributed by atoms with Crippen LogP contribution in [-0.4, -0.2) is 13.2 Å². The summed E-state index contributed by atoms with van der Waals surface area (Å²) in [4.78, 5) is 0. The lowest BCUT2D eigenvalue weighted by Gasteiger charge is -2.11. The molecule has 5 heteroatoms. The van der Waals surface area contributed by atoms with E-state index in [1.807, 2.05) is 43.3 Å². The average molecular weight is 339 g/mol. The van der Waals surface area contributed by atoms with Gasteiger partial charge >= 0.3 is 0 Å². The Morgan fingerprint density at radius 2 is 1.71 bits per heavy atom. The van der Waals surface area contributed by atoms with Gasteiger partial charge in [0.25, 0.3) is 0 Å². The zero-order chi connectivity index (χ0) is 17.4. The molecule has 0 amide bonds. The SMILES string of the molecule is Cc1ccc(OCCOc2ccc(Cl)cc2C=C(C#N)C#N)cc1. The number of halogens is 1. The first-order valence-corrected chi connectivity index (χ1v) is 7.64. The molecule has 0 fully saturated rings. The first kappa shape index (κ1) is 17.4. The van der Waals surface area contributed by atoms with E-state index in [9.17, 15) is 0 Å². The number of rotatable bonds is 6. The third kappa shape index (κ3) is 5.05. The minimum absolute atomic E-state index is 0.0157. The maximum Gasteiger partial charge on any atom is 0.130 e. The molecule has 0 heterocycles. The fourth-order valence-electron chi connectivity index (χ4n) is 1.95. The Balaban J connectivity index is 2.00. The average Bonchev–Trinajstić information content (AvgIpc) is 2.59. The summed E-state index contributed by atoms with van der Waals surface area (Å²) in [6, 6.07) is 16.4. The summed E-state index contributed by atoms with van der Waals surface area (Å²) in [6.07, 6.45) is 1.45. The Labute approximate surface area is 146 Å². The molecule has 0 atom stereocenters. The summed E-state index contributed by atoms with van der Waals surface area (Å²) >= 11 is 5.97. The molecule has 0 unspecified atom stereocenters. The molecule has 120 valence electrons. The van der Waals surface area contributed by atoms with Crippen LogP contribution in [0.1, 0.15) is 11.1 Å². The van der Waals surface area contributed by atoms with Crippen molar-refractivity contribution in [3.05, 3.63) is 64.2 Å². The van der Waals surface area contributed by atoms with Gasteiger partial charge in [-0.1, -0.05) is 29.3 Å². The van der Waals surface area contributed by atoms with Crippen LogP contribution in [0.3, 0.4) is 0 Å². The van der Waals surface area contributed by atoms with Gasteiger partial charge in [-0.15, -0.1) is 0 Å². The van der Waals surface area contributed by atoms with Crippen LogP contribution in [0, 0.1) is 29.6 Å². The van der Waals surface area contributed by atoms with Gasteiger partial charge < -0.3 is 9.47 Å². The molecule has 0 aliphatic heterocycles. The fourth-order valence-corrected chi connectivity index (χ4v) is 2.13. The van der Waals surface area contributed by atoms with Crippen LogP contribution >= 0.6 is 11.6 Å². The summed E-state index contributed by atoms with van der Waals surface area (Å²) in [5.41, 5.74) is 1.73. The van der Waals surface area contributed by atoms with Crippen molar-refractivity contribution >= 4 is 17.7 Å². The lowest BCUT2D eigenvalue weighted by atomic mass is 10.1. The predicted octanol–water partition coefficient (Wildman–Crippen LogP) is 4.54. The molecule has 0 aliphatic carbocycles. The van der Waals surface area contributed by atoms with Crippen molar-refractivity contribution in [3.63, 3.8) is 0 Å². The highest BCUT2D eigenvalue weighted by atomic mass is 35.5. The van der Waals surface area contributed by atoms with Crippen molar-refractivity contribution in [2.75, 3.05) is 13.2 Å². The Hall–Kier alpha value is -2.95. The van der Waals surface area contributed by atoms with E-state index < -0.39 is 0 Å². The molecular weight excluding hydrogens is 324 g/mol. The monoisotopic (exact) mass is 338 g/mol. The van der Waals surface area contributed by atoms with E-state index in [1.54, 1.807) is 18.2 Å². The second-order valence-corrected chi connectivity index (χ2v) is 5.41. The predicted molar refractivity (Wildman–Crippen MR) is 92.8 cm³/mol. The minimum Gasteiger partial charge on any atom is -0.490 e. The summed E-state index contributed by atoms with van der Waals surface area (Å²) < 4.78 is 11.3. The third-order valence-electron chi connectivity index (χ3n) is 3.14. The van der Waals surface area contributed by atoms with Gasteiger partial charge in [-0.2, -0.15) is 10.5 Å². The minimum atomic E-state index is -0.0157. The Morgan fingerprint density at radius 1 is 1.04 bits per heavy atom. The Morgan fingerprint density at radius 3 is 2.38 bits per heavy atom. The van der Waals surface area contributed by atoms with E-state index in [4.69, 9.17) is 31.6 Å². The summed E-state index contributed by atoms with van der Waals surface area (Å²) in [5, 5.41) is 18.2. The number of ether oxygens (including phenoxy) is 2. The van der Waals surface area contributed by atoms with Crippen molar-refractivity contribution in [2.45, 2.75) is 6.92 Å². The van der Waals surface area contributed by atoms with E-state index in [2.05, 4.69) is 0 Å². The van der Waals surface area contributed by atoms with E-state index >= 15 is 0 Å². The normalized spacial score (nSPS) is 9.50. The van der Waals surface area contributed by atoms with Crippen molar-refractivity contribution in [1.29, 1.82) is 10.5 Å². The van der Waals surface area contributed by atoms with Crippen LogP contribution in [0.15, 0.2) is 48.0 Å². The maximum absolute atomic E-state index is 8.87. The van der Waals surface area contributed by atoms with Crippen LogP contribution in [-0.2, 0) is 0 Å². The van der Waals surface area contributed by atoms with E-state index in [1.165, 1.54) is 11.6 Å². The second kappa shape index (κ2) is 8.62. The number of hydrogen-bond donors (Lipinski definition) is 0. The molecule has 2 aromatic carbocycles. The van der Waals surface area contributed by atoms with Gasteiger partial charge in [-0.25, -0.2) is 0 Å². The lowest BCUT2D eigenvalue weighted by molar-refractivity contribution is 0.217. The number of nitrogens with zero attached hydrogens (tertiary/aromatic N) is 2. The molecule has 0 radical (unpaired) electrons. The Bertz CT molecular complexity index is 799. The summed E-state index contributed by atoms with van der Waals surface area (Å²) in [5.74, 6) is 1.31. The number of hydrogen-bond acceptors (Lipinski definition) is 4. The maximum atomic E-state index is 8.87. The van der Waals surface area contributed by atoms with Crippen LogP contribution in [0.25, 0.3) is 6.08 Å². The lowest BCUT2D eigenvalue weighted by Crippen LogP contribution is -2.09. The van der Waals surface area contributed by atoms with Crippen molar-refractivity contribution < 1.29 is 9.47 Å². The van der Waals surface area contributed by atoms with Gasteiger partial charge in [0.1, 0.15) is 42.4 Å². The van der Waals surface area contributed by atoms with Crippen molar-refractivity contribution in [3.8, 4) is 23.6 Å². The molecule has 0 saturated carbocycles. The quantitative estimate of drug-likeness (QED) is 0.573. The molecule has 0 aromatic heterocycles. The smallest absolute Gasteiger partial charge is 0.130 e. The Kier molecular flexibility index (Phi) is 6.25. The molecule has 0 bridgehead atoms. The van der Waals surface area contributed by atoms with Crippen molar-refractivity contribution in [2.24, 2.45) is 0 Å². The molecule has 24 heavy (non-hydrogen) atoms. The highest BCUT2D eigenvalue weighted by molar-refractivity contribution is 6.30. The molecule has 0 spiro atoms. The summed E-state index contributed by atoms with van der Waals surface area (Å²) in [7, 11) is 0. The first-order chi connectivity index (χ1) is 11.6. The molecule has 4 nitrogen and oxygen atoms in total. The number of aryl methyl sites for hydroxylation is 1. The van der Waals surface area contributed by atoms with Gasteiger partial charge in [0, 0.05) is 10.6 Å². The van der Waals surface area contributed by atoms with Crippen molar-refractivity contribution in [1.82, 2.24) is 0 Å². The molecule has 0 aliphatic rings. The van der Waals surface area contributed by atoms with E-state index in [0.717, 1.165) is 5.75 Å². The van der Waals surface area contributed by atoms with Crippen LogP contribution < -0.4 is 9.47 Å². The molecule has 0 N–H and O–H groups in total. The zero-order valence-electron chi connectivity index (χ0n) is 13.1. The first-order valence-electron chi connectivity index (χ1n) is 7.26. The highest BCUT2D eigenvalue weighted by Gasteiger charge is 2.05. The van der Waals surface area contributed by atoms with Gasteiger partial charge in [-0.3, -0.25) is 0 Å². The van der Waals surface area contributed by atoms with Gasteiger partial charge in [0.2, 0.25) is 0 Å². The number of allylic oxidation sites excluding steroid dienone is 1. The summed E-state index contributed by atoms with van der Waals surface area (Å²) in [6.45, 7) is 2.71. The molecular formula is C19H15ClN2O2. The van der Waals surface area contributed by atoms with E-state index in [-0.39, 0.29) is 5.57 Å². The van der Waals surface area contributed by atoms with Gasteiger partial charge in [0.15, 0.2) is 0 Å². The third-order valence-corrected chi connectivity index (χ3v) is 3.38. The highest BCUT2D eigenvalue weighted by Crippen LogP contribution is 2.25. The largest absolute Gasteiger partial charge is 0.490 e. The van der Waals surface area contributed by atoms with Crippen LogP contribution in [0.2, 0.25) is 5.02 Å². The standard InChI is InChI=1S/C19H15ClN2O2/c1-14-2-5-18(6-3-14)23-8-9-24-19-7-4-17(20)11-16(19)10-15(12-21)13-22/h2-7,10-11H,8-9H2,1H3. The second-order valence-electron chi connectivity index (χ2n) is 4.97. The van der Waals surface area contributed by atoms with Gasteiger partial charge in [0.05, 0.1) is 0 Å². The molecule has 0 saturated heterocycles. The zero-order valence-corrected chi connectivity index (χ0v) is 13.9. The molecule has 2 aromatic rings. The topological polar surface area (TPSA) is 66.0 Å². The van der Waals surface area contributed by atoms with E-state index in [0.29, 0.717) is 29.5 Å². The fraction of sp³-hybridized carbons (Fsp3) is 0.158. The number of nitriles is 2. The number of benzene rings is 2. The van der Waals surface area contributed by atoms with Crippen LogP contribution in [0.5, 0.6) is 11.5 Å². The van der Waals surface area contributed by atoms with Gasteiger partial charge in [-0.05, 0) is 43.3 Å². The van der Waals surface area contributed by atoms with Crippen LogP contribution in [0.4, 0.5) is 0 Å². The molecule has 2 rings (SSSR count).